The Morgan fingerprint density at radius 2 is 1.73 bits per heavy atom. The van der Waals surface area contributed by atoms with Crippen molar-refractivity contribution >= 4 is 6.03 Å². The number of benzene rings is 2. The predicted octanol–water partition coefficient (Wildman–Crippen LogP) is 4.64. The zero-order valence-electron chi connectivity index (χ0n) is 18.0. The Kier molecular flexibility index (Phi) is 6.58. The summed E-state index contributed by atoms with van der Waals surface area (Å²) in [7, 11) is 0. The van der Waals surface area contributed by atoms with Gasteiger partial charge >= 0.3 is 6.03 Å². The molecule has 0 saturated carbocycles. The van der Waals surface area contributed by atoms with Gasteiger partial charge in [0.2, 0.25) is 0 Å². The highest BCUT2D eigenvalue weighted by Gasteiger charge is 2.40. The van der Waals surface area contributed by atoms with Gasteiger partial charge in [0.25, 0.3) is 0 Å². The Hall–Kier alpha value is -2.53. The molecule has 0 spiro atoms. The molecule has 2 bridgehead atoms. The SMILES string of the molecule is CCOc1ccc(C(C)NC(=O)NC2CC3CCC(C2)N3Cc2ccccc2)cc1. The van der Waals surface area contributed by atoms with Crippen molar-refractivity contribution in [1.29, 1.82) is 0 Å². The molecule has 2 aliphatic heterocycles. The van der Waals surface area contributed by atoms with Crippen LogP contribution in [0.25, 0.3) is 0 Å². The number of carbonyl (C=O) groups excluding carboxylic acids is 1. The van der Waals surface area contributed by atoms with Crippen molar-refractivity contribution in [3.63, 3.8) is 0 Å². The maximum atomic E-state index is 12.6. The number of nitrogens with zero attached hydrogens (tertiary/aromatic N) is 1. The summed E-state index contributed by atoms with van der Waals surface area (Å²) in [6, 6.07) is 19.9. The fraction of sp³-hybridized carbons (Fsp3) is 0.480. The topological polar surface area (TPSA) is 53.6 Å². The molecule has 0 radical (unpaired) electrons. The normalized spacial score (nSPS) is 24.3. The second-order valence-corrected chi connectivity index (χ2v) is 8.55. The first-order chi connectivity index (χ1) is 14.6. The van der Waals surface area contributed by atoms with Crippen molar-refractivity contribution in [1.82, 2.24) is 15.5 Å². The molecule has 2 aromatic rings. The van der Waals surface area contributed by atoms with E-state index in [9.17, 15) is 4.79 Å². The van der Waals surface area contributed by atoms with Crippen molar-refractivity contribution in [2.45, 2.75) is 70.2 Å². The molecular formula is C25H33N3O2. The van der Waals surface area contributed by atoms with Gasteiger partial charge in [0.1, 0.15) is 5.75 Å². The summed E-state index contributed by atoms with van der Waals surface area (Å²) in [4.78, 5) is 15.3. The van der Waals surface area contributed by atoms with Crippen molar-refractivity contribution in [3.05, 3.63) is 65.7 Å². The van der Waals surface area contributed by atoms with Crippen LogP contribution in [0.4, 0.5) is 4.79 Å². The van der Waals surface area contributed by atoms with E-state index in [-0.39, 0.29) is 18.1 Å². The third-order valence-corrected chi connectivity index (χ3v) is 6.47. The lowest BCUT2D eigenvalue weighted by molar-refractivity contribution is 0.111. The van der Waals surface area contributed by atoms with Crippen LogP contribution in [-0.2, 0) is 6.54 Å². The smallest absolute Gasteiger partial charge is 0.315 e. The molecule has 0 aromatic heterocycles. The van der Waals surface area contributed by atoms with Crippen LogP contribution in [0.15, 0.2) is 54.6 Å². The Morgan fingerprint density at radius 1 is 1.07 bits per heavy atom. The highest BCUT2D eigenvalue weighted by molar-refractivity contribution is 5.74. The minimum Gasteiger partial charge on any atom is -0.494 e. The van der Waals surface area contributed by atoms with Gasteiger partial charge in [-0.3, -0.25) is 4.90 Å². The minimum absolute atomic E-state index is 0.0458. The quantitative estimate of drug-likeness (QED) is 0.703. The zero-order chi connectivity index (χ0) is 20.9. The van der Waals surface area contributed by atoms with E-state index < -0.39 is 0 Å². The molecule has 3 unspecified atom stereocenters. The Bertz CT molecular complexity index is 810. The zero-order valence-corrected chi connectivity index (χ0v) is 18.0. The molecule has 30 heavy (non-hydrogen) atoms. The van der Waals surface area contributed by atoms with Crippen LogP contribution in [0, 0.1) is 0 Å². The fourth-order valence-corrected chi connectivity index (χ4v) is 4.97. The number of rotatable bonds is 7. The molecule has 2 aromatic carbocycles. The van der Waals surface area contributed by atoms with Crippen LogP contribution in [0.5, 0.6) is 5.75 Å². The van der Waals surface area contributed by atoms with E-state index in [1.54, 1.807) is 0 Å². The summed E-state index contributed by atoms with van der Waals surface area (Å²) in [5, 5.41) is 6.33. The molecule has 2 saturated heterocycles. The molecule has 4 rings (SSSR count). The summed E-state index contributed by atoms with van der Waals surface area (Å²) in [5.74, 6) is 0.857. The van der Waals surface area contributed by atoms with Crippen LogP contribution in [-0.4, -0.2) is 35.7 Å². The molecule has 2 fully saturated rings. The number of hydrogen-bond acceptors (Lipinski definition) is 3. The minimum atomic E-state index is -0.0719. The van der Waals surface area contributed by atoms with Crippen LogP contribution >= 0.6 is 0 Å². The Labute approximate surface area is 179 Å². The van der Waals surface area contributed by atoms with Crippen LogP contribution in [0.1, 0.15) is 56.7 Å². The van der Waals surface area contributed by atoms with Crippen molar-refractivity contribution < 1.29 is 9.53 Å². The van der Waals surface area contributed by atoms with E-state index in [1.807, 2.05) is 38.1 Å². The van der Waals surface area contributed by atoms with Crippen LogP contribution in [0.3, 0.4) is 0 Å². The van der Waals surface area contributed by atoms with Gasteiger partial charge in [-0.05, 0) is 62.8 Å². The Morgan fingerprint density at radius 3 is 2.37 bits per heavy atom. The van der Waals surface area contributed by atoms with Gasteiger partial charge in [0.15, 0.2) is 0 Å². The maximum absolute atomic E-state index is 12.6. The lowest BCUT2D eigenvalue weighted by Crippen LogP contribution is -2.52. The first-order valence-corrected chi connectivity index (χ1v) is 11.2. The number of amides is 2. The van der Waals surface area contributed by atoms with Crippen molar-refractivity contribution in [2.75, 3.05) is 6.61 Å². The third-order valence-electron chi connectivity index (χ3n) is 6.47. The highest BCUT2D eigenvalue weighted by Crippen LogP contribution is 2.36. The summed E-state index contributed by atoms with van der Waals surface area (Å²) >= 11 is 0. The number of nitrogens with one attached hydrogen (secondary N) is 2. The Balaban J connectivity index is 1.27. The number of piperidine rings is 1. The molecule has 5 heteroatoms. The van der Waals surface area contributed by atoms with Crippen LogP contribution < -0.4 is 15.4 Å². The van der Waals surface area contributed by atoms with Gasteiger partial charge in [-0.1, -0.05) is 42.5 Å². The molecule has 2 N–H and O–H groups in total. The molecule has 160 valence electrons. The number of fused-ring (bicyclic) bond motifs is 2. The summed E-state index contributed by atoms with van der Waals surface area (Å²) in [5.41, 5.74) is 2.45. The van der Waals surface area contributed by atoms with Crippen molar-refractivity contribution in [3.8, 4) is 5.75 Å². The third kappa shape index (κ3) is 4.96. The molecule has 5 nitrogen and oxygen atoms in total. The second kappa shape index (κ2) is 9.52. The predicted molar refractivity (Wildman–Crippen MR) is 120 cm³/mol. The molecular weight excluding hydrogens is 374 g/mol. The lowest BCUT2D eigenvalue weighted by Gasteiger charge is -2.39. The van der Waals surface area contributed by atoms with Gasteiger partial charge in [0, 0.05) is 24.7 Å². The largest absolute Gasteiger partial charge is 0.494 e. The number of hydrogen-bond donors (Lipinski definition) is 2. The van der Waals surface area contributed by atoms with E-state index in [1.165, 1.54) is 18.4 Å². The fourth-order valence-electron chi connectivity index (χ4n) is 4.97. The number of urea groups is 1. The van der Waals surface area contributed by atoms with Gasteiger partial charge in [-0.25, -0.2) is 4.79 Å². The van der Waals surface area contributed by atoms with E-state index in [0.29, 0.717) is 18.7 Å². The molecule has 2 heterocycles. The summed E-state index contributed by atoms with van der Waals surface area (Å²) < 4.78 is 5.49. The van der Waals surface area contributed by atoms with E-state index >= 15 is 0 Å². The second-order valence-electron chi connectivity index (χ2n) is 8.55. The molecule has 2 aliphatic rings. The molecule has 2 amide bonds. The van der Waals surface area contributed by atoms with Gasteiger partial charge in [-0.15, -0.1) is 0 Å². The van der Waals surface area contributed by atoms with E-state index in [0.717, 1.165) is 30.7 Å². The van der Waals surface area contributed by atoms with E-state index in [4.69, 9.17) is 4.74 Å². The van der Waals surface area contributed by atoms with Gasteiger partial charge < -0.3 is 15.4 Å². The molecule has 0 aliphatic carbocycles. The number of carbonyl (C=O) groups is 1. The van der Waals surface area contributed by atoms with Crippen LogP contribution in [0.2, 0.25) is 0 Å². The first kappa shape index (κ1) is 20.7. The average Bonchev–Trinajstić information content (AvgIpc) is 2.97. The molecule has 3 atom stereocenters. The van der Waals surface area contributed by atoms with E-state index in [2.05, 4.69) is 45.9 Å². The standard InChI is InChI=1S/C25H33N3O2/c1-3-30-24-13-9-20(10-14-24)18(2)26-25(29)27-21-15-22-11-12-23(16-21)28(22)17-19-7-5-4-6-8-19/h4-10,13-14,18,21-23H,3,11-12,15-17H2,1-2H3,(H2,26,27,29). The van der Waals surface area contributed by atoms with Gasteiger partial charge in [0.05, 0.1) is 12.6 Å². The highest BCUT2D eigenvalue weighted by atomic mass is 16.5. The number of ether oxygens (including phenoxy) is 1. The van der Waals surface area contributed by atoms with Crippen molar-refractivity contribution in [2.24, 2.45) is 0 Å². The van der Waals surface area contributed by atoms with Gasteiger partial charge in [-0.2, -0.15) is 0 Å². The summed E-state index contributed by atoms with van der Waals surface area (Å²) in [6.07, 6.45) is 4.54. The maximum Gasteiger partial charge on any atom is 0.315 e. The monoisotopic (exact) mass is 407 g/mol. The summed E-state index contributed by atoms with van der Waals surface area (Å²) in [6.45, 7) is 5.66. The average molecular weight is 408 g/mol. The lowest BCUT2D eigenvalue weighted by atomic mass is 9.96. The first-order valence-electron chi connectivity index (χ1n) is 11.2.